The van der Waals surface area contributed by atoms with Crippen molar-refractivity contribution in [3.05, 3.63) is 36.0 Å². The first-order chi connectivity index (χ1) is 7.79. The van der Waals surface area contributed by atoms with Crippen LogP contribution in [0, 0.1) is 0 Å². The molecule has 0 saturated heterocycles. The fourth-order valence-electron chi connectivity index (χ4n) is 1.10. The first kappa shape index (κ1) is 12.2. The van der Waals surface area contributed by atoms with Gasteiger partial charge in [-0.25, -0.2) is 9.78 Å². The summed E-state index contributed by atoms with van der Waals surface area (Å²) in [6, 6.07) is 3.31. The van der Waals surface area contributed by atoms with Crippen molar-refractivity contribution < 1.29 is 14.3 Å². The molecule has 0 N–H and O–H groups in total. The molecule has 1 rings (SSSR count). The van der Waals surface area contributed by atoms with Crippen molar-refractivity contribution in [3.8, 4) is 5.88 Å². The largest absolute Gasteiger partial charge is 0.477 e. The van der Waals surface area contributed by atoms with E-state index in [1.54, 1.807) is 24.4 Å². The Balaban J connectivity index is 2.73. The first-order valence-corrected chi connectivity index (χ1v) is 5.15. The van der Waals surface area contributed by atoms with Gasteiger partial charge in [0.25, 0.3) is 0 Å². The monoisotopic (exact) mass is 221 g/mol. The maximum absolute atomic E-state index is 11.6. The van der Waals surface area contributed by atoms with E-state index in [9.17, 15) is 4.79 Å². The second kappa shape index (κ2) is 6.61. The Morgan fingerprint density at radius 3 is 3.06 bits per heavy atom. The molecule has 0 bridgehead atoms. The van der Waals surface area contributed by atoms with Crippen LogP contribution in [0.5, 0.6) is 5.88 Å². The van der Waals surface area contributed by atoms with E-state index in [-0.39, 0.29) is 6.61 Å². The molecule has 0 atom stereocenters. The summed E-state index contributed by atoms with van der Waals surface area (Å²) in [7, 11) is 0. The second-order valence-corrected chi connectivity index (χ2v) is 2.96. The van der Waals surface area contributed by atoms with Crippen molar-refractivity contribution in [1.29, 1.82) is 0 Å². The lowest BCUT2D eigenvalue weighted by Gasteiger charge is -2.07. The number of aromatic nitrogens is 1. The van der Waals surface area contributed by atoms with Crippen molar-refractivity contribution in [1.82, 2.24) is 4.98 Å². The van der Waals surface area contributed by atoms with E-state index in [2.05, 4.69) is 4.98 Å². The van der Waals surface area contributed by atoms with E-state index >= 15 is 0 Å². The average Bonchev–Trinajstić information content (AvgIpc) is 2.30. The van der Waals surface area contributed by atoms with E-state index in [1.165, 1.54) is 0 Å². The van der Waals surface area contributed by atoms with Gasteiger partial charge in [0.05, 0.1) is 6.61 Å². The highest BCUT2D eigenvalue weighted by Gasteiger charge is 2.13. The molecule has 4 heteroatoms. The van der Waals surface area contributed by atoms with Crippen LogP contribution in [0.1, 0.15) is 24.2 Å². The van der Waals surface area contributed by atoms with Crippen LogP contribution >= 0.6 is 0 Å². The third-order valence-electron chi connectivity index (χ3n) is 1.82. The van der Waals surface area contributed by atoms with Crippen LogP contribution in [0.2, 0.25) is 0 Å². The van der Waals surface area contributed by atoms with Gasteiger partial charge >= 0.3 is 5.97 Å². The summed E-state index contributed by atoms with van der Waals surface area (Å²) in [5, 5.41) is 0. The van der Waals surface area contributed by atoms with E-state index in [0.29, 0.717) is 18.1 Å². The third-order valence-corrected chi connectivity index (χ3v) is 1.82. The standard InChI is InChI=1S/C12H15NO3/c1-3-5-9-16-12(14)10-7-6-8-13-11(10)15-4-2/h3,5-8H,4,9H2,1-2H3. The molecule has 0 amide bonds. The van der Waals surface area contributed by atoms with Crippen LogP contribution in [0.15, 0.2) is 30.5 Å². The number of allylic oxidation sites excluding steroid dienone is 1. The molecule has 86 valence electrons. The van der Waals surface area contributed by atoms with Crippen molar-refractivity contribution in [2.75, 3.05) is 13.2 Å². The van der Waals surface area contributed by atoms with Gasteiger partial charge in [0, 0.05) is 6.20 Å². The van der Waals surface area contributed by atoms with Crippen LogP contribution in [0.25, 0.3) is 0 Å². The van der Waals surface area contributed by atoms with Gasteiger partial charge in [-0.1, -0.05) is 12.2 Å². The molecule has 1 aromatic heterocycles. The van der Waals surface area contributed by atoms with E-state index in [0.717, 1.165) is 0 Å². The number of pyridine rings is 1. The minimum absolute atomic E-state index is 0.260. The van der Waals surface area contributed by atoms with Crippen LogP contribution in [0.3, 0.4) is 0 Å². The van der Waals surface area contributed by atoms with Crippen molar-refractivity contribution >= 4 is 5.97 Å². The molecule has 0 aliphatic carbocycles. The minimum Gasteiger partial charge on any atom is -0.477 e. The zero-order valence-electron chi connectivity index (χ0n) is 9.47. The molecule has 16 heavy (non-hydrogen) atoms. The smallest absolute Gasteiger partial charge is 0.343 e. The Bertz CT molecular complexity index is 374. The van der Waals surface area contributed by atoms with Crippen molar-refractivity contribution in [2.24, 2.45) is 0 Å². The quantitative estimate of drug-likeness (QED) is 0.565. The number of carbonyl (C=O) groups excluding carboxylic acids is 1. The average molecular weight is 221 g/mol. The molecule has 0 aliphatic rings. The molecule has 0 aromatic carbocycles. The van der Waals surface area contributed by atoms with E-state index in [1.807, 2.05) is 19.9 Å². The fourth-order valence-corrected chi connectivity index (χ4v) is 1.10. The Labute approximate surface area is 94.9 Å². The Kier molecular flexibility index (Phi) is 5.05. The number of hydrogen-bond donors (Lipinski definition) is 0. The van der Waals surface area contributed by atoms with Gasteiger partial charge in [-0.3, -0.25) is 0 Å². The zero-order chi connectivity index (χ0) is 11.8. The number of hydrogen-bond acceptors (Lipinski definition) is 4. The van der Waals surface area contributed by atoms with Crippen LogP contribution in [-0.2, 0) is 4.74 Å². The van der Waals surface area contributed by atoms with Crippen LogP contribution in [-0.4, -0.2) is 24.2 Å². The van der Waals surface area contributed by atoms with Gasteiger partial charge in [0.15, 0.2) is 0 Å². The lowest BCUT2D eigenvalue weighted by atomic mass is 10.3. The summed E-state index contributed by atoms with van der Waals surface area (Å²) in [6.07, 6.45) is 5.16. The van der Waals surface area contributed by atoms with Gasteiger partial charge in [0.2, 0.25) is 5.88 Å². The summed E-state index contributed by atoms with van der Waals surface area (Å²) >= 11 is 0. The van der Waals surface area contributed by atoms with E-state index < -0.39 is 5.97 Å². The molecular formula is C12H15NO3. The van der Waals surface area contributed by atoms with Gasteiger partial charge in [-0.05, 0) is 26.0 Å². The summed E-state index contributed by atoms with van der Waals surface area (Å²) in [6.45, 7) is 4.43. The lowest BCUT2D eigenvalue weighted by Crippen LogP contribution is -2.09. The summed E-state index contributed by atoms with van der Waals surface area (Å²) in [5.41, 5.74) is 0.355. The molecule has 0 saturated carbocycles. The topological polar surface area (TPSA) is 48.4 Å². The minimum atomic E-state index is -0.422. The first-order valence-electron chi connectivity index (χ1n) is 5.15. The molecule has 0 aliphatic heterocycles. The van der Waals surface area contributed by atoms with Crippen molar-refractivity contribution in [2.45, 2.75) is 13.8 Å². The number of rotatable bonds is 5. The molecular weight excluding hydrogens is 206 g/mol. The number of esters is 1. The molecule has 0 radical (unpaired) electrons. The van der Waals surface area contributed by atoms with Gasteiger partial charge in [-0.2, -0.15) is 0 Å². The highest BCUT2D eigenvalue weighted by molar-refractivity contribution is 5.91. The lowest BCUT2D eigenvalue weighted by molar-refractivity contribution is 0.0544. The molecule has 1 heterocycles. The highest BCUT2D eigenvalue weighted by Crippen LogP contribution is 2.15. The zero-order valence-corrected chi connectivity index (χ0v) is 9.47. The normalized spacial score (nSPS) is 10.4. The Morgan fingerprint density at radius 2 is 2.38 bits per heavy atom. The Morgan fingerprint density at radius 1 is 1.56 bits per heavy atom. The molecule has 4 nitrogen and oxygen atoms in total. The second-order valence-electron chi connectivity index (χ2n) is 2.96. The molecule has 1 aromatic rings. The van der Waals surface area contributed by atoms with Crippen LogP contribution < -0.4 is 4.74 Å². The van der Waals surface area contributed by atoms with Crippen LogP contribution in [0.4, 0.5) is 0 Å². The summed E-state index contributed by atoms with van der Waals surface area (Å²) in [4.78, 5) is 15.6. The van der Waals surface area contributed by atoms with Gasteiger partial charge in [-0.15, -0.1) is 0 Å². The molecule has 0 unspecified atom stereocenters. The number of carbonyl (C=O) groups is 1. The van der Waals surface area contributed by atoms with Gasteiger partial charge in [0.1, 0.15) is 12.2 Å². The summed E-state index contributed by atoms with van der Waals surface area (Å²) in [5.74, 6) is -0.106. The van der Waals surface area contributed by atoms with Crippen molar-refractivity contribution in [3.63, 3.8) is 0 Å². The maximum Gasteiger partial charge on any atom is 0.343 e. The maximum atomic E-state index is 11.6. The predicted octanol–water partition coefficient (Wildman–Crippen LogP) is 2.21. The van der Waals surface area contributed by atoms with Gasteiger partial charge < -0.3 is 9.47 Å². The number of nitrogens with zero attached hydrogens (tertiary/aromatic N) is 1. The fraction of sp³-hybridized carbons (Fsp3) is 0.333. The molecule has 0 spiro atoms. The Hall–Kier alpha value is -1.84. The predicted molar refractivity (Wildman–Crippen MR) is 60.5 cm³/mol. The highest BCUT2D eigenvalue weighted by atomic mass is 16.5. The third kappa shape index (κ3) is 3.38. The summed E-state index contributed by atoms with van der Waals surface area (Å²) < 4.78 is 10.2. The number of ether oxygens (including phenoxy) is 2. The molecule has 0 fully saturated rings. The SMILES string of the molecule is CC=CCOC(=O)c1cccnc1OCC. The van der Waals surface area contributed by atoms with E-state index in [4.69, 9.17) is 9.47 Å².